The van der Waals surface area contributed by atoms with Gasteiger partial charge in [-0.25, -0.2) is 9.78 Å². The van der Waals surface area contributed by atoms with Crippen molar-refractivity contribution in [1.82, 2.24) is 15.6 Å². The van der Waals surface area contributed by atoms with Gasteiger partial charge in [0.1, 0.15) is 5.03 Å². The first-order valence-electron chi connectivity index (χ1n) is 9.53. The van der Waals surface area contributed by atoms with Crippen LogP contribution in [0.25, 0.3) is 0 Å². The fraction of sp³-hybridized carbons (Fsp3) is 0.300. The molecule has 31 heavy (non-hydrogen) atoms. The largest absolute Gasteiger partial charge is 0.454 e. The second kappa shape index (κ2) is 11.1. The van der Waals surface area contributed by atoms with Crippen LogP contribution in [0.1, 0.15) is 17.3 Å². The predicted molar refractivity (Wildman–Crippen MR) is 114 cm³/mol. The van der Waals surface area contributed by atoms with E-state index in [4.69, 9.17) is 14.2 Å². The fourth-order valence-electron chi connectivity index (χ4n) is 2.60. The number of carbonyl (C=O) groups excluding carboxylic acids is 3. The number of alkyl carbamates (subject to hydrolysis) is 1. The van der Waals surface area contributed by atoms with Gasteiger partial charge < -0.3 is 30.2 Å². The van der Waals surface area contributed by atoms with Gasteiger partial charge in [0, 0.05) is 31.0 Å². The van der Waals surface area contributed by atoms with Crippen LogP contribution in [0.2, 0.25) is 0 Å². The van der Waals surface area contributed by atoms with Gasteiger partial charge >= 0.3 is 6.09 Å². The number of hydrogen-bond donors (Lipinski definition) is 3. The van der Waals surface area contributed by atoms with Crippen molar-refractivity contribution >= 4 is 35.4 Å². The van der Waals surface area contributed by atoms with E-state index in [1.807, 2.05) is 0 Å². The van der Waals surface area contributed by atoms with E-state index in [0.29, 0.717) is 27.8 Å². The molecule has 164 valence electrons. The molecule has 0 radical (unpaired) electrons. The second-order valence-corrected chi connectivity index (χ2v) is 7.13. The number of benzene rings is 1. The van der Waals surface area contributed by atoms with E-state index in [1.54, 1.807) is 43.5 Å². The van der Waals surface area contributed by atoms with Crippen LogP contribution < -0.4 is 25.4 Å². The lowest BCUT2D eigenvalue weighted by Gasteiger charge is -2.10. The summed E-state index contributed by atoms with van der Waals surface area (Å²) in [5.41, 5.74) is 0.933. The smallest absolute Gasteiger partial charge is 0.407 e. The number of anilines is 1. The molecule has 0 bridgehead atoms. The van der Waals surface area contributed by atoms with Crippen molar-refractivity contribution in [3.63, 3.8) is 0 Å². The Morgan fingerprint density at radius 1 is 1.13 bits per heavy atom. The summed E-state index contributed by atoms with van der Waals surface area (Å²) in [6.45, 7) is 2.59. The first kappa shape index (κ1) is 22.2. The molecule has 0 aliphatic carbocycles. The highest BCUT2D eigenvalue weighted by Gasteiger charge is 2.16. The zero-order valence-corrected chi connectivity index (χ0v) is 17.6. The van der Waals surface area contributed by atoms with Gasteiger partial charge in [-0.2, -0.15) is 0 Å². The maximum absolute atomic E-state index is 12.4. The first-order valence-corrected chi connectivity index (χ1v) is 10.5. The Hall–Kier alpha value is -3.47. The molecule has 3 N–H and O–H groups in total. The number of amides is 3. The molecule has 0 saturated heterocycles. The zero-order chi connectivity index (χ0) is 22.1. The number of rotatable bonds is 9. The number of aromatic nitrogens is 1. The number of fused-ring (bicyclic) bond motifs is 1. The number of nitrogens with zero attached hydrogens (tertiary/aromatic N) is 1. The van der Waals surface area contributed by atoms with E-state index in [9.17, 15) is 14.4 Å². The molecule has 2 aromatic rings. The first-order chi connectivity index (χ1) is 15.1. The summed E-state index contributed by atoms with van der Waals surface area (Å²) in [5, 5.41) is 8.42. The molecule has 0 saturated carbocycles. The Bertz CT molecular complexity index is 955. The van der Waals surface area contributed by atoms with Gasteiger partial charge in [-0.05, 0) is 31.2 Å². The van der Waals surface area contributed by atoms with Gasteiger partial charge in [-0.15, -0.1) is 0 Å². The third kappa shape index (κ3) is 6.51. The predicted octanol–water partition coefficient (Wildman–Crippen LogP) is 2.02. The van der Waals surface area contributed by atoms with Gasteiger partial charge in [-0.1, -0.05) is 11.8 Å². The van der Waals surface area contributed by atoms with Crippen LogP contribution in [0.4, 0.5) is 10.5 Å². The third-order valence-electron chi connectivity index (χ3n) is 3.97. The van der Waals surface area contributed by atoms with Crippen LogP contribution in [0, 0.1) is 0 Å². The van der Waals surface area contributed by atoms with Gasteiger partial charge in [0.25, 0.3) is 5.91 Å². The monoisotopic (exact) mass is 446 g/mol. The molecule has 2 heterocycles. The molecule has 11 heteroatoms. The molecule has 0 unspecified atom stereocenters. The lowest BCUT2D eigenvalue weighted by Crippen LogP contribution is -2.35. The number of hydrogen-bond acceptors (Lipinski definition) is 8. The maximum atomic E-state index is 12.4. The Morgan fingerprint density at radius 3 is 2.77 bits per heavy atom. The van der Waals surface area contributed by atoms with Gasteiger partial charge in [0.2, 0.25) is 12.7 Å². The Morgan fingerprint density at radius 2 is 1.94 bits per heavy atom. The summed E-state index contributed by atoms with van der Waals surface area (Å²) in [4.78, 5) is 40.2. The minimum Gasteiger partial charge on any atom is -0.454 e. The van der Waals surface area contributed by atoms with Crippen molar-refractivity contribution < 1.29 is 28.6 Å². The van der Waals surface area contributed by atoms with Gasteiger partial charge in [0.05, 0.1) is 17.9 Å². The van der Waals surface area contributed by atoms with Crippen LogP contribution >= 0.6 is 11.8 Å². The van der Waals surface area contributed by atoms with Crippen LogP contribution in [0.15, 0.2) is 41.6 Å². The highest BCUT2D eigenvalue weighted by molar-refractivity contribution is 8.00. The minimum absolute atomic E-state index is 0.0656. The second-order valence-electron chi connectivity index (χ2n) is 6.16. The third-order valence-corrected chi connectivity index (χ3v) is 4.97. The molecule has 0 atom stereocenters. The average Bonchev–Trinajstić information content (AvgIpc) is 3.23. The van der Waals surface area contributed by atoms with Crippen molar-refractivity contribution in [3.8, 4) is 11.5 Å². The number of thioether (sulfide) groups is 1. The Labute approximate surface area is 183 Å². The van der Waals surface area contributed by atoms with E-state index < -0.39 is 6.09 Å². The van der Waals surface area contributed by atoms with E-state index in [-0.39, 0.29) is 44.1 Å². The number of carbonyl (C=O) groups is 3. The number of pyridine rings is 1. The molecule has 1 aliphatic rings. The van der Waals surface area contributed by atoms with E-state index >= 15 is 0 Å². The summed E-state index contributed by atoms with van der Waals surface area (Å²) in [5.74, 6) is 0.674. The lowest BCUT2D eigenvalue weighted by atomic mass is 10.2. The van der Waals surface area contributed by atoms with Crippen molar-refractivity contribution in [2.45, 2.75) is 11.9 Å². The average molecular weight is 446 g/mol. The Balaban J connectivity index is 1.48. The topological polar surface area (TPSA) is 128 Å². The molecule has 1 aliphatic heterocycles. The SMILES string of the molecule is CCOC(=O)NCCNC(=O)c1cccnc1SCC(=O)Nc1ccc2c(c1)OCO2. The van der Waals surface area contributed by atoms with Crippen LogP contribution in [-0.2, 0) is 9.53 Å². The fourth-order valence-corrected chi connectivity index (χ4v) is 3.39. The maximum Gasteiger partial charge on any atom is 0.407 e. The van der Waals surface area contributed by atoms with Crippen molar-refractivity contribution in [3.05, 3.63) is 42.1 Å². The standard InChI is InChI=1S/C20H22N4O6S/c1-2-28-20(27)23-9-8-21-18(26)14-4-3-7-22-19(14)31-11-17(25)24-13-5-6-15-16(10-13)30-12-29-15/h3-7,10H,2,8-9,11-12H2,1H3,(H,21,26)(H,23,27)(H,24,25). The van der Waals surface area contributed by atoms with Crippen molar-refractivity contribution in [2.75, 3.05) is 37.6 Å². The quantitative estimate of drug-likeness (QED) is 0.394. The lowest BCUT2D eigenvalue weighted by molar-refractivity contribution is -0.113. The molecule has 3 amide bonds. The molecular formula is C20H22N4O6S. The normalized spacial score (nSPS) is 11.5. The summed E-state index contributed by atoms with van der Waals surface area (Å²) < 4.78 is 15.3. The summed E-state index contributed by atoms with van der Waals surface area (Å²) in [7, 11) is 0. The van der Waals surface area contributed by atoms with E-state index in [2.05, 4.69) is 20.9 Å². The highest BCUT2D eigenvalue weighted by Crippen LogP contribution is 2.34. The number of ether oxygens (including phenoxy) is 3. The molecule has 1 aromatic carbocycles. The van der Waals surface area contributed by atoms with E-state index in [0.717, 1.165) is 11.8 Å². The van der Waals surface area contributed by atoms with Crippen molar-refractivity contribution in [2.24, 2.45) is 0 Å². The molecule has 3 rings (SSSR count). The zero-order valence-electron chi connectivity index (χ0n) is 16.8. The summed E-state index contributed by atoms with van der Waals surface area (Å²) >= 11 is 1.15. The molecular weight excluding hydrogens is 424 g/mol. The van der Waals surface area contributed by atoms with E-state index in [1.165, 1.54) is 0 Å². The molecule has 0 spiro atoms. The van der Waals surface area contributed by atoms with Gasteiger partial charge in [-0.3, -0.25) is 9.59 Å². The molecule has 1 aromatic heterocycles. The summed E-state index contributed by atoms with van der Waals surface area (Å²) in [6.07, 6.45) is 1.01. The van der Waals surface area contributed by atoms with Crippen LogP contribution in [0.3, 0.4) is 0 Å². The Kier molecular flexibility index (Phi) is 7.93. The van der Waals surface area contributed by atoms with Gasteiger partial charge in [0.15, 0.2) is 11.5 Å². The van der Waals surface area contributed by atoms with Crippen LogP contribution in [0.5, 0.6) is 11.5 Å². The minimum atomic E-state index is -0.539. The molecule has 10 nitrogen and oxygen atoms in total. The van der Waals surface area contributed by atoms with Crippen molar-refractivity contribution in [1.29, 1.82) is 0 Å². The summed E-state index contributed by atoms with van der Waals surface area (Å²) in [6, 6.07) is 8.40. The van der Waals surface area contributed by atoms with Crippen LogP contribution in [-0.4, -0.2) is 55.1 Å². The highest BCUT2D eigenvalue weighted by atomic mass is 32.2. The number of nitrogens with one attached hydrogen (secondary N) is 3. The molecule has 0 fully saturated rings.